The van der Waals surface area contributed by atoms with Crippen LogP contribution in [0.2, 0.25) is 0 Å². The summed E-state index contributed by atoms with van der Waals surface area (Å²) in [4.78, 5) is 40.3. The molecule has 0 saturated carbocycles. The maximum Gasteiger partial charge on any atom is 0.336 e. The van der Waals surface area contributed by atoms with Crippen LogP contribution in [0.15, 0.2) is 0 Å². The molecular weight excluding hydrogens is 296 g/mol. The number of rotatable bonds is 8. The Morgan fingerprint density at radius 3 is 1.24 bits per heavy atom. The van der Waals surface area contributed by atoms with Crippen molar-refractivity contribution >= 4 is 23.9 Å². The zero-order valence-electron chi connectivity index (χ0n) is 10.7. The third kappa shape index (κ3) is 9.32. The predicted molar refractivity (Wildman–Crippen MR) is 62.4 cm³/mol. The molecule has 0 radical (unpaired) electrons. The maximum absolute atomic E-state index is 10.3. The molecule has 21 heavy (non-hydrogen) atoms. The van der Waals surface area contributed by atoms with Gasteiger partial charge in [-0.25, -0.2) is 4.79 Å². The number of carboxylic acid groups (broad SMARTS) is 4. The molecule has 0 aliphatic heterocycles. The van der Waals surface area contributed by atoms with Crippen LogP contribution in [0.3, 0.4) is 0 Å². The highest BCUT2D eigenvalue weighted by molar-refractivity contribution is 5.88. The average Bonchev–Trinajstić information content (AvgIpc) is 2.28. The zero-order chi connectivity index (χ0) is 17.2. The number of aliphatic hydroxyl groups is 3. The first-order chi connectivity index (χ1) is 9.50. The van der Waals surface area contributed by atoms with Crippen molar-refractivity contribution in [1.29, 1.82) is 0 Å². The molecule has 11 heteroatoms. The summed E-state index contributed by atoms with van der Waals surface area (Å²) in [6.45, 7) is -1.02. The summed E-state index contributed by atoms with van der Waals surface area (Å²) in [5.41, 5.74) is -2.74. The summed E-state index contributed by atoms with van der Waals surface area (Å²) < 4.78 is 0. The number of carboxylic acids is 4. The van der Waals surface area contributed by atoms with Gasteiger partial charge in [0, 0.05) is 0 Å². The lowest BCUT2D eigenvalue weighted by Crippen LogP contribution is -2.42. The molecule has 0 aliphatic rings. The van der Waals surface area contributed by atoms with Gasteiger partial charge in [0.25, 0.3) is 0 Å². The van der Waals surface area contributed by atoms with Crippen LogP contribution in [0.4, 0.5) is 0 Å². The van der Waals surface area contributed by atoms with E-state index in [0.29, 0.717) is 0 Å². The molecule has 0 rings (SSSR count). The zero-order valence-corrected chi connectivity index (χ0v) is 10.7. The van der Waals surface area contributed by atoms with Crippen molar-refractivity contribution in [3.63, 3.8) is 0 Å². The molecule has 0 saturated heterocycles. The quantitative estimate of drug-likeness (QED) is 0.247. The Bertz CT molecular complexity index is 368. The van der Waals surface area contributed by atoms with Gasteiger partial charge in [0.05, 0.1) is 26.1 Å². The molecule has 0 aromatic carbocycles. The van der Waals surface area contributed by atoms with Gasteiger partial charge in [-0.1, -0.05) is 0 Å². The molecule has 11 nitrogen and oxygen atoms in total. The molecule has 0 unspecified atom stereocenters. The van der Waals surface area contributed by atoms with Gasteiger partial charge in [0.15, 0.2) is 5.60 Å². The lowest BCUT2D eigenvalue weighted by atomic mass is 9.96. The summed E-state index contributed by atoms with van der Waals surface area (Å²) >= 11 is 0. The van der Waals surface area contributed by atoms with E-state index >= 15 is 0 Å². The van der Waals surface area contributed by atoms with Crippen molar-refractivity contribution in [2.45, 2.75) is 18.4 Å². The Morgan fingerprint density at radius 2 is 1.14 bits per heavy atom. The van der Waals surface area contributed by atoms with E-state index < -0.39 is 61.5 Å². The van der Waals surface area contributed by atoms with Crippen LogP contribution in [0.25, 0.3) is 0 Å². The SMILES string of the molecule is O=C(O)C(CO)CO.O=C(O)CC(O)(CC(=O)O)C(=O)O. The Labute approximate surface area is 117 Å². The van der Waals surface area contributed by atoms with Crippen LogP contribution >= 0.6 is 0 Å². The Hall–Kier alpha value is -2.24. The van der Waals surface area contributed by atoms with Crippen molar-refractivity contribution in [3.05, 3.63) is 0 Å². The van der Waals surface area contributed by atoms with Gasteiger partial charge in [0.2, 0.25) is 0 Å². The van der Waals surface area contributed by atoms with E-state index in [1.54, 1.807) is 0 Å². The van der Waals surface area contributed by atoms with Crippen molar-refractivity contribution in [3.8, 4) is 0 Å². The summed E-state index contributed by atoms with van der Waals surface area (Å²) in [5.74, 6) is -7.21. The van der Waals surface area contributed by atoms with Crippen LogP contribution in [0.5, 0.6) is 0 Å². The number of hydrogen-bond donors (Lipinski definition) is 7. The summed E-state index contributed by atoms with van der Waals surface area (Å²) in [6.07, 6.45) is -2.29. The highest BCUT2D eigenvalue weighted by Crippen LogP contribution is 2.15. The minimum absolute atomic E-state index is 0.508. The third-order valence-corrected chi connectivity index (χ3v) is 2.08. The molecule has 0 spiro atoms. The fourth-order valence-electron chi connectivity index (χ4n) is 0.928. The number of aliphatic carboxylic acids is 4. The van der Waals surface area contributed by atoms with Crippen molar-refractivity contribution in [1.82, 2.24) is 0 Å². The van der Waals surface area contributed by atoms with Crippen molar-refractivity contribution in [2.24, 2.45) is 5.92 Å². The monoisotopic (exact) mass is 312 g/mol. The molecule has 0 bridgehead atoms. The molecule has 7 N–H and O–H groups in total. The van der Waals surface area contributed by atoms with Crippen LogP contribution in [0, 0.1) is 5.92 Å². The van der Waals surface area contributed by atoms with Crippen LogP contribution in [-0.4, -0.2) is 78.4 Å². The smallest absolute Gasteiger partial charge is 0.336 e. The second-order valence-electron chi connectivity index (χ2n) is 3.88. The first kappa shape index (κ1) is 21.1. The number of carbonyl (C=O) groups is 4. The van der Waals surface area contributed by atoms with E-state index in [1.165, 1.54) is 0 Å². The minimum atomic E-state index is -2.74. The fourth-order valence-corrected chi connectivity index (χ4v) is 0.928. The Morgan fingerprint density at radius 1 is 0.810 bits per heavy atom. The van der Waals surface area contributed by atoms with Gasteiger partial charge >= 0.3 is 23.9 Å². The van der Waals surface area contributed by atoms with Crippen LogP contribution < -0.4 is 0 Å². The second kappa shape index (κ2) is 9.63. The van der Waals surface area contributed by atoms with E-state index in [0.717, 1.165) is 0 Å². The molecule has 0 fully saturated rings. The van der Waals surface area contributed by atoms with Gasteiger partial charge in [0.1, 0.15) is 5.92 Å². The normalized spacial score (nSPS) is 10.5. The van der Waals surface area contributed by atoms with E-state index in [9.17, 15) is 19.2 Å². The molecular formula is C10H16O11. The molecule has 0 atom stereocenters. The van der Waals surface area contributed by atoms with E-state index in [1.807, 2.05) is 0 Å². The minimum Gasteiger partial charge on any atom is -0.481 e. The first-order valence-corrected chi connectivity index (χ1v) is 5.34. The maximum atomic E-state index is 10.3. The molecule has 0 heterocycles. The summed E-state index contributed by atoms with van der Waals surface area (Å²) in [7, 11) is 0. The lowest BCUT2D eigenvalue weighted by molar-refractivity contribution is -0.170. The van der Waals surface area contributed by atoms with Gasteiger partial charge in [-0.15, -0.1) is 0 Å². The van der Waals surface area contributed by atoms with Gasteiger partial charge in [-0.05, 0) is 0 Å². The fraction of sp³-hybridized carbons (Fsp3) is 0.600. The van der Waals surface area contributed by atoms with Gasteiger partial charge < -0.3 is 35.7 Å². The molecule has 0 amide bonds. The van der Waals surface area contributed by atoms with Gasteiger partial charge in [-0.2, -0.15) is 0 Å². The third-order valence-electron chi connectivity index (χ3n) is 2.08. The Balaban J connectivity index is 0. The number of aliphatic hydroxyl groups excluding tert-OH is 2. The number of hydrogen-bond acceptors (Lipinski definition) is 7. The van der Waals surface area contributed by atoms with E-state index in [-0.39, 0.29) is 0 Å². The van der Waals surface area contributed by atoms with Crippen molar-refractivity contribution in [2.75, 3.05) is 13.2 Å². The summed E-state index contributed by atoms with van der Waals surface area (Å²) in [5, 5.41) is 58.2. The highest BCUT2D eigenvalue weighted by Gasteiger charge is 2.40. The standard InChI is InChI=1S/C6H8O7.C4H8O4/c7-3(8)1-6(13,5(11)12)2-4(9)10;5-1-3(2-6)4(7)8/h13H,1-2H2,(H,7,8)(H,9,10)(H,11,12);3,5-6H,1-2H2,(H,7,8). The topological polar surface area (TPSA) is 210 Å². The molecule has 0 aromatic rings. The molecule has 122 valence electrons. The predicted octanol–water partition coefficient (Wildman–Crippen LogP) is -2.58. The Kier molecular flexibility index (Phi) is 9.66. The average molecular weight is 312 g/mol. The molecule has 0 aliphatic carbocycles. The molecule has 0 aromatic heterocycles. The summed E-state index contributed by atoms with van der Waals surface area (Å²) in [6, 6.07) is 0. The highest BCUT2D eigenvalue weighted by atomic mass is 16.4. The first-order valence-electron chi connectivity index (χ1n) is 5.34. The van der Waals surface area contributed by atoms with Gasteiger partial charge in [-0.3, -0.25) is 14.4 Å². The van der Waals surface area contributed by atoms with E-state index in [2.05, 4.69) is 0 Å². The van der Waals surface area contributed by atoms with Crippen LogP contribution in [-0.2, 0) is 19.2 Å². The lowest BCUT2D eigenvalue weighted by Gasteiger charge is -2.18. The largest absolute Gasteiger partial charge is 0.481 e. The van der Waals surface area contributed by atoms with Crippen LogP contribution in [0.1, 0.15) is 12.8 Å². The van der Waals surface area contributed by atoms with E-state index in [4.69, 9.17) is 35.7 Å². The second-order valence-corrected chi connectivity index (χ2v) is 3.88. The van der Waals surface area contributed by atoms with Crippen molar-refractivity contribution < 1.29 is 54.9 Å².